The van der Waals surface area contributed by atoms with Gasteiger partial charge in [-0.1, -0.05) is 44.2 Å². The molecule has 7 heteroatoms. The molecule has 0 N–H and O–H groups in total. The van der Waals surface area contributed by atoms with Crippen LogP contribution in [0, 0.1) is 11.3 Å². The molecule has 0 unspecified atom stereocenters. The van der Waals surface area contributed by atoms with Crippen molar-refractivity contribution in [1.82, 2.24) is 4.31 Å². The predicted molar refractivity (Wildman–Crippen MR) is 116 cm³/mol. The van der Waals surface area contributed by atoms with E-state index in [0.29, 0.717) is 40.7 Å². The van der Waals surface area contributed by atoms with Gasteiger partial charge in [0.2, 0.25) is 10.0 Å². The Morgan fingerprint density at radius 3 is 2.43 bits per heavy atom. The number of nitrogens with zero attached hydrogens (tertiary/aromatic N) is 3. The summed E-state index contributed by atoms with van der Waals surface area (Å²) in [5, 5.41) is 10.6. The first-order chi connectivity index (χ1) is 14.4. The van der Waals surface area contributed by atoms with Crippen molar-refractivity contribution in [2.75, 3.05) is 18.0 Å². The Balaban J connectivity index is 1.88. The lowest BCUT2D eigenvalue weighted by molar-refractivity contribution is 0.0991. The molecule has 1 amide bonds. The van der Waals surface area contributed by atoms with Crippen molar-refractivity contribution in [3.63, 3.8) is 0 Å². The first-order valence-corrected chi connectivity index (χ1v) is 11.2. The summed E-state index contributed by atoms with van der Waals surface area (Å²) in [7, 11) is -3.68. The number of rotatable bonds is 6. The molecule has 6 nitrogen and oxygen atoms in total. The third kappa shape index (κ3) is 2.96. The number of sulfonamides is 1. The first kappa shape index (κ1) is 20.1. The van der Waals surface area contributed by atoms with Crippen molar-refractivity contribution in [3.05, 3.63) is 71.3 Å². The molecular formula is C23H21N3O3S. The summed E-state index contributed by atoms with van der Waals surface area (Å²) in [6, 6.07) is 17.8. The summed E-state index contributed by atoms with van der Waals surface area (Å²) in [6.45, 7) is 4.60. The molecule has 0 aromatic heterocycles. The van der Waals surface area contributed by atoms with Gasteiger partial charge >= 0.3 is 0 Å². The number of benzene rings is 3. The Bertz CT molecular complexity index is 1310. The van der Waals surface area contributed by atoms with E-state index in [0.717, 1.165) is 5.56 Å². The molecule has 1 heterocycles. The van der Waals surface area contributed by atoms with Crippen LogP contribution in [0.2, 0.25) is 0 Å². The number of amides is 1. The SMILES string of the molecule is CCN(CC)S(=O)(=O)c1ccc2c3c(cccc13)C(=O)N2Cc1ccccc1C#N. The fraction of sp³-hybridized carbons (Fsp3) is 0.217. The van der Waals surface area contributed by atoms with Gasteiger partial charge in [0.1, 0.15) is 0 Å². The molecule has 0 fully saturated rings. The Labute approximate surface area is 176 Å². The van der Waals surface area contributed by atoms with Crippen LogP contribution in [0.3, 0.4) is 0 Å². The van der Waals surface area contributed by atoms with Gasteiger partial charge in [-0.3, -0.25) is 4.79 Å². The second kappa shape index (κ2) is 7.56. The Hall–Kier alpha value is -3.21. The third-order valence-corrected chi connectivity index (χ3v) is 7.64. The number of anilines is 1. The minimum Gasteiger partial charge on any atom is -0.303 e. The maximum atomic E-state index is 13.2. The summed E-state index contributed by atoms with van der Waals surface area (Å²) in [4.78, 5) is 15.0. The normalized spacial score (nSPS) is 13.3. The second-order valence-corrected chi connectivity index (χ2v) is 8.97. The quantitative estimate of drug-likeness (QED) is 0.607. The molecule has 1 aliphatic heterocycles. The van der Waals surface area contributed by atoms with Crippen LogP contribution >= 0.6 is 0 Å². The van der Waals surface area contributed by atoms with E-state index in [-0.39, 0.29) is 17.3 Å². The molecule has 30 heavy (non-hydrogen) atoms. The molecule has 0 radical (unpaired) electrons. The summed E-state index contributed by atoms with van der Waals surface area (Å²) in [5.74, 6) is -0.194. The van der Waals surface area contributed by atoms with Crippen molar-refractivity contribution >= 4 is 32.4 Å². The molecular weight excluding hydrogens is 398 g/mol. The zero-order chi connectivity index (χ0) is 21.5. The van der Waals surface area contributed by atoms with E-state index in [2.05, 4.69) is 6.07 Å². The summed E-state index contributed by atoms with van der Waals surface area (Å²) in [6.07, 6.45) is 0. The van der Waals surface area contributed by atoms with Crippen LogP contribution < -0.4 is 4.90 Å². The van der Waals surface area contributed by atoms with Gasteiger partial charge in [0.15, 0.2) is 0 Å². The molecule has 0 saturated carbocycles. The average molecular weight is 420 g/mol. The topological polar surface area (TPSA) is 81.5 Å². The number of carbonyl (C=O) groups excluding carboxylic acids is 1. The molecule has 4 rings (SSSR count). The molecule has 0 saturated heterocycles. The largest absolute Gasteiger partial charge is 0.303 e. The second-order valence-electron chi connectivity index (χ2n) is 7.06. The van der Waals surface area contributed by atoms with Crippen molar-refractivity contribution in [3.8, 4) is 6.07 Å². The zero-order valence-electron chi connectivity index (χ0n) is 16.8. The highest BCUT2D eigenvalue weighted by Crippen LogP contribution is 2.41. The maximum Gasteiger partial charge on any atom is 0.259 e. The number of hydrogen-bond donors (Lipinski definition) is 0. The Morgan fingerprint density at radius 1 is 1.00 bits per heavy atom. The molecule has 1 aliphatic rings. The van der Waals surface area contributed by atoms with E-state index in [1.807, 2.05) is 12.1 Å². The van der Waals surface area contributed by atoms with Gasteiger partial charge in [0.05, 0.1) is 28.8 Å². The highest BCUT2D eigenvalue weighted by molar-refractivity contribution is 7.89. The summed E-state index contributed by atoms with van der Waals surface area (Å²) >= 11 is 0. The standard InChI is InChI=1S/C23H21N3O3S/c1-3-25(4-2)30(28,29)21-13-12-20-22-18(21)10-7-11-19(22)23(27)26(20)15-17-9-6-5-8-16(17)14-24/h5-13H,3-4,15H2,1-2H3. The Kier molecular flexibility index (Phi) is 5.06. The lowest BCUT2D eigenvalue weighted by atomic mass is 10.1. The summed E-state index contributed by atoms with van der Waals surface area (Å²) in [5.41, 5.74) is 2.40. The van der Waals surface area contributed by atoms with Gasteiger partial charge in [0, 0.05) is 29.4 Å². The maximum absolute atomic E-state index is 13.2. The van der Waals surface area contributed by atoms with Crippen molar-refractivity contribution < 1.29 is 13.2 Å². The van der Waals surface area contributed by atoms with Crippen LogP contribution in [0.15, 0.2) is 59.5 Å². The van der Waals surface area contributed by atoms with E-state index in [1.165, 1.54) is 4.31 Å². The molecule has 0 atom stereocenters. The number of hydrogen-bond acceptors (Lipinski definition) is 4. The van der Waals surface area contributed by atoms with Crippen molar-refractivity contribution in [2.24, 2.45) is 0 Å². The van der Waals surface area contributed by atoms with Crippen LogP contribution in [0.25, 0.3) is 10.8 Å². The monoisotopic (exact) mass is 419 g/mol. The molecule has 3 aromatic rings. The Morgan fingerprint density at radius 2 is 1.73 bits per heavy atom. The van der Waals surface area contributed by atoms with E-state index >= 15 is 0 Å². The van der Waals surface area contributed by atoms with Crippen LogP contribution in [0.5, 0.6) is 0 Å². The van der Waals surface area contributed by atoms with Crippen LogP contribution in [-0.2, 0) is 16.6 Å². The van der Waals surface area contributed by atoms with Gasteiger partial charge in [-0.15, -0.1) is 0 Å². The third-order valence-electron chi connectivity index (χ3n) is 5.53. The molecule has 0 aliphatic carbocycles. The fourth-order valence-corrected chi connectivity index (χ4v) is 5.69. The molecule has 0 spiro atoms. The van der Waals surface area contributed by atoms with E-state index in [9.17, 15) is 18.5 Å². The van der Waals surface area contributed by atoms with E-state index in [4.69, 9.17) is 0 Å². The van der Waals surface area contributed by atoms with Crippen molar-refractivity contribution in [1.29, 1.82) is 5.26 Å². The highest BCUT2D eigenvalue weighted by Gasteiger charge is 2.33. The van der Waals surface area contributed by atoms with E-state index < -0.39 is 10.0 Å². The van der Waals surface area contributed by atoms with Crippen molar-refractivity contribution in [2.45, 2.75) is 25.3 Å². The van der Waals surface area contributed by atoms with Gasteiger partial charge in [-0.05, 0) is 29.8 Å². The molecule has 3 aromatic carbocycles. The van der Waals surface area contributed by atoms with Crippen LogP contribution in [0.1, 0.15) is 35.3 Å². The zero-order valence-corrected chi connectivity index (χ0v) is 17.6. The minimum atomic E-state index is -3.68. The lowest BCUT2D eigenvalue weighted by Gasteiger charge is -2.21. The van der Waals surface area contributed by atoms with Gasteiger partial charge < -0.3 is 4.90 Å². The first-order valence-electron chi connectivity index (χ1n) is 9.79. The fourth-order valence-electron chi connectivity index (χ4n) is 4.04. The van der Waals surface area contributed by atoms with Crippen LogP contribution in [-0.4, -0.2) is 31.7 Å². The predicted octanol–water partition coefficient (Wildman–Crippen LogP) is 3.90. The minimum absolute atomic E-state index is 0.194. The van der Waals surface area contributed by atoms with E-state index in [1.54, 1.807) is 61.2 Å². The van der Waals surface area contributed by atoms with Gasteiger partial charge in [-0.25, -0.2) is 8.42 Å². The van der Waals surface area contributed by atoms with Gasteiger partial charge in [0.25, 0.3) is 5.91 Å². The highest BCUT2D eigenvalue weighted by atomic mass is 32.2. The average Bonchev–Trinajstić information content (AvgIpc) is 3.02. The van der Waals surface area contributed by atoms with Gasteiger partial charge in [-0.2, -0.15) is 9.57 Å². The molecule has 152 valence electrons. The number of nitriles is 1. The lowest BCUT2D eigenvalue weighted by Crippen LogP contribution is -2.30. The smallest absolute Gasteiger partial charge is 0.259 e. The number of carbonyl (C=O) groups is 1. The molecule has 0 bridgehead atoms. The summed E-state index contributed by atoms with van der Waals surface area (Å²) < 4.78 is 27.8. The van der Waals surface area contributed by atoms with Crippen LogP contribution in [0.4, 0.5) is 5.69 Å².